The summed E-state index contributed by atoms with van der Waals surface area (Å²) >= 11 is 0. The number of imidazole rings is 1. The quantitative estimate of drug-likeness (QED) is 0.177. The second-order valence-corrected chi connectivity index (χ2v) is 12.4. The van der Waals surface area contributed by atoms with Crippen LogP contribution in [0.4, 0.5) is 10.3 Å². The number of carboxylic acids is 1. The Labute approximate surface area is 252 Å². The number of anilines is 1. The summed E-state index contributed by atoms with van der Waals surface area (Å²) in [7, 11) is -3.36. The highest BCUT2D eigenvalue weighted by Crippen LogP contribution is 2.54. The number of halogens is 1. The van der Waals surface area contributed by atoms with Crippen molar-refractivity contribution in [2.75, 3.05) is 26.0 Å². The Morgan fingerprint density at radius 2 is 2.00 bits per heavy atom. The van der Waals surface area contributed by atoms with Crippen LogP contribution in [0, 0.1) is 5.92 Å². The second kappa shape index (κ2) is 13.7. The third-order valence-electron chi connectivity index (χ3n) is 7.77. The van der Waals surface area contributed by atoms with Crippen molar-refractivity contribution in [1.82, 2.24) is 24.2 Å². The van der Waals surface area contributed by atoms with E-state index in [0.717, 1.165) is 35.5 Å². The maximum atomic E-state index is 16.7. The fraction of sp³-hybridized carbons (Fsp3) is 0.556. The molecule has 15 nitrogen and oxygen atoms in total. The SMILES string of the molecule is CCC(CC)CCN(C(C)C(=O)O)[P@@](=O)(OC[C@H]1O[C@@](F)(n2cnc3c(=O)[nH]c(N)nc32)[C@H](OC)[C@@H]1O)Oc1ccccc1. The number of carbonyl (C=O) groups is 1. The van der Waals surface area contributed by atoms with Crippen molar-refractivity contribution in [3.8, 4) is 5.75 Å². The normalized spacial score (nSPS) is 24.1. The number of aliphatic carboxylic acids is 1. The first-order valence-corrected chi connectivity index (χ1v) is 15.7. The van der Waals surface area contributed by atoms with E-state index in [1.807, 2.05) is 13.8 Å². The largest absolute Gasteiger partial charge is 0.480 e. The molecule has 0 bridgehead atoms. The number of carboxylic acid groups (broad SMARTS) is 1. The van der Waals surface area contributed by atoms with Crippen LogP contribution in [-0.4, -0.2) is 85.0 Å². The van der Waals surface area contributed by atoms with Crippen molar-refractivity contribution in [2.24, 2.45) is 5.92 Å². The number of fused-ring (bicyclic) bond motifs is 1. The number of ether oxygens (including phenoxy) is 2. The van der Waals surface area contributed by atoms with Gasteiger partial charge in [-0.1, -0.05) is 44.9 Å². The Bertz CT molecular complexity index is 1540. The predicted octanol–water partition coefficient (Wildman–Crippen LogP) is 2.86. The van der Waals surface area contributed by atoms with E-state index in [-0.39, 0.29) is 35.3 Å². The number of aromatic amines is 1. The Hall–Kier alpha value is -3.40. The first-order chi connectivity index (χ1) is 20.9. The van der Waals surface area contributed by atoms with Gasteiger partial charge in [-0.2, -0.15) is 14.0 Å². The monoisotopic (exact) mass is 640 g/mol. The molecule has 6 atom stereocenters. The number of aromatic nitrogens is 4. The molecule has 0 saturated carbocycles. The number of rotatable bonds is 15. The van der Waals surface area contributed by atoms with E-state index in [1.54, 1.807) is 18.2 Å². The summed E-state index contributed by atoms with van der Waals surface area (Å²) in [6.07, 6.45) is -1.78. The van der Waals surface area contributed by atoms with Crippen LogP contribution in [0.3, 0.4) is 0 Å². The lowest BCUT2D eigenvalue weighted by molar-refractivity contribution is -0.240. The number of methoxy groups -OCH3 is 1. The summed E-state index contributed by atoms with van der Waals surface area (Å²) in [5, 5.41) is 21.0. The predicted molar refractivity (Wildman–Crippen MR) is 156 cm³/mol. The fourth-order valence-electron chi connectivity index (χ4n) is 5.12. The minimum Gasteiger partial charge on any atom is -0.480 e. The Morgan fingerprint density at radius 3 is 2.61 bits per heavy atom. The van der Waals surface area contributed by atoms with Gasteiger partial charge >= 0.3 is 19.7 Å². The Kier molecular flexibility index (Phi) is 10.4. The molecule has 44 heavy (non-hydrogen) atoms. The molecule has 1 aliphatic rings. The zero-order chi connectivity index (χ0) is 32.2. The molecule has 4 rings (SSSR count). The van der Waals surface area contributed by atoms with Gasteiger partial charge in [-0.05, 0) is 31.4 Å². The van der Waals surface area contributed by atoms with Gasteiger partial charge in [-0.25, -0.2) is 9.55 Å². The smallest absolute Gasteiger partial charge is 0.462 e. The number of nitrogens with one attached hydrogen (secondary N) is 1. The molecule has 5 N–H and O–H groups in total. The maximum Gasteiger partial charge on any atom is 0.462 e. The number of aliphatic hydroxyl groups excluding tert-OH is 1. The number of hydrogen-bond donors (Lipinski definition) is 4. The van der Waals surface area contributed by atoms with Gasteiger partial charge in [0, 0.05) is 13.7 Å². The molecule has 1 fully saturated rings. The summed E-state index contributed by atoms with van der Waals surface area (Å²) in [6.45, 7) is 4.72. The van der Waals surface area contributed by atoms with Gasteiger partial charge in [-0.15, -0.1) is 0 Å². The lowest BCUT2D eigenvalue weighted by Crippen LogP contribution is -2.43. The molecule has 2 aromatic heterocycles. The second-order valence-electron chi connectivity index (χ2n) is 10.5. The van der Waals surface area contributed by atoms with E-state index in [1.165, 1.54) is 19.1 Å². The average Bonchev–Trinajstić information content (AvgIpc) is 3.53. The standard InChI is InChI=1S/C27H38FN6O9P/c1-5-17(6-2)12-13-34(16(3)25(37)38)44(39,43-18-10-8-7-9-11-18)41-14-19-21(35)22(40-4)27(28,42-19)33-15-30-20-23(33)31-26(29)32-24(20)36/h7-11,15-17,19,21-22,35H,5-6,12-14H2,1-4H3,(H,37,38)(H3,29,31,32,36)/t16?,19-,21-,22-,27+,44-/m1/s1. The highest BCUT2D eigenvalue weighted by Gasteiger charge is 2.59. The van der Waals surface area contributed by atoms with E-state index in [4.69, 9.17) is 24.3 Å². The lowest BCUT2D eigenvalue weighted by atomic mass is 9.99. The van der Waals surface area contributed by atoms with E-state index in [2.05, 4.69) is 15.0 Å². The number of nitrogens with two attached hydrogens (primary N) is 1. The molecule has 0 radical (unpaired) electrons. The molecule has 1 aliphatic heterocycles. The van der Waals surface area contributed by atoms with Crippen LogP contribution in [0.25, 0.3) is 11.2 Å². The van der Waals surface area contributed by atoms with Crippen molar-refractivity contribution in [3.05, 3.63) is 47.0 Å². The first kappa shape index (κ1) is 33.5. The third kappa shape index (κ3) is 6.65. The molecule has 1 aromatic carbocycles. The van der Waals surface area contributed by atoms with Crippen molar-refractivity contribution in [2.45, 2.75) is 70.4 Å². The molecular formula is C27H38FN6O9P. The van der Waals surface area contributed by atoms with Crippen molar-refractivity contribution < 1.29 is 42.5 Å². The van der Waals surface area contributed by atoms with Crippen molar-refractivity contribution >= 4 is 30.8 Å². The number of para-hydroxylation sites is 1. The zero-order valence-corrected chi connectivity index (χ0v) is 25.7. The van der Waals surface area contributed by atoms with E-state index in [9.17, 15) is 24.4 Å². The van der Waals surface area contributed by atoms with Crippen LogP contribution in [0.2, 0.25) is 0 Å². The van der Waals surface area contributed by atoms with Crippen LogP contribution < -0.4 is 15.8 Å². The van der Waals surface area contributed by atoms with Crippen LogP contribution in [0.15, 0.2) is 41.5 Å². The van der Waals surface area contributed by atoms with E-state index >= 15 is 4.39 Å². The fourth-order valence-corrected chi connectivity index (χ4v) is 7.03. The van der Waals surface area contributed by atoms with Gasteiger partial charge < -0.3 is 29.9 Å². The topological polar surface area (TPSA) is 204 Å². The number of nitrogen functional groups attached to an aromatic ring is 1. The summed E-state index contributed by atoms with van der Waals surface area (Å²) in [5.74, 6) is -4.17. The number of nitrogens with zero attached hydrogens (tertiary/aromatic N) is 4. The van der Waals surface area contributed by atoms with Crippen LogP contribution in [-0.2, 0) is 29.3 Å². The summed E-state index contributed by atoms with van der Waals surface area (Å²) in [5.41, 5.74) is 4.42. The van der Waals surface area contributed by atoms with E-state index < -0.39 is 56.2 Å². The molecule has 0 aliphatic carbocycles. The summed E-state index contributed by atoms with van der Waals surface area (Å²) < 4.78 is 55.7. The Balaban J connectivity index is 1.67. The number of benzene rings is 1. The highest BCUT2D eigenvalue weighted by atomic mass is 31.2. The number of aliphatic hydroxyl groups is 1. The minimum absolute atomic E-state index is 0.0500. The molecular weight excluding hydrogens is 602 g/mol. The van der Waals surface area contributed by atoms with Gasteiger partial charge in [0.2, 0.25) is 5.95 Å². The van der Waals surface area contributed by atoms with Crippen molar-refractivity contribution in [3.63, 3.8) is 0 Å². The molecule has 3 heterocycles. The molecule has 17 heteroatoms. The average molecular weight is 641 g/mol. The summed E-state index contributed by atoms with van der Waals surface area (Å²) in [6, 6.07) is 6.75. The molecule has 0 amide bonds. The first-order valence-electron chi connectivity index (χ1n) is 14.2. The van der Waals surface area contributed by atoms with Gasteiger partial charge in [0.1, 0.15) is 30.3 Å². The highest BCUT2D eigenvalue weighted by molar-refractivity contribution is 7.51. The van der Waals surface area contributed by atoms with Gasteiger partial charge in [0.15, 0.2) is 17.3 Å². The van der Waals surface area contributed by atoms with Crippen LogP contribution in [0.5, 0.6) is 5.75 Å². The van der Waals surface area contributed by atoms with Gasteiger partial charge in [-0.3, -0.25) is 23.7 Å². The lowest BCUT2D eigenvalue weighted by Gasteiger charge is -2.34. The molecule has 242 valence electrons. The minimum atomic E-state index is -4.50. The number of alkyl halides is 1. The molecule has 0 spiro atoms. The molecule has 1 unspecified atom stereocenters. The van der Waals surface area contributed by atoms with Crippen molar-refractivity contribution in [1.29, 1.82) is 0 Å². The van der Waals surface area contributed by atoms with E-state index in [0.29, 0.717) is 6.42 Å². The van der Waals surface area contributed by atoms with Crippen LogP contribution >= 0.6 is 7.75 Å². The number of hydrogen-bond acceptors (Lipinski definition) is 11. The van der Waals surface area contributed by atoms with Gasteiger partial charge in [0.05, 0.1) is 6.61 Å². The Morgan fingerprint density at radius 1 is 1.32 bits per heavy atom. The molecule has 1 saturated heterocycles. The zero-order valence-electron chi connectivity index (χ0n) is 24.8. The summed E-state index contributed by atoms with van der Waals surface area (Å²) in [4.78, 5) is 34.5. The number of H-pyrrole nitrogens is 1. The van der Waals surface area contributed by atoms with Crippen LogP contribution in [0.1, 0.15) is 40.0 Å². The van der Waals surface area contributed by atoms with Gasteiger partial charge in [0.25, 0.3) is 5.56 Å². The third-order valence-corrected chi connectivity index (χ3v) is 9.87. The molecule has 3 aromatic rings. The maximum absolute atomic E-state index is 16.7.